The average molecular weight is 347 g/mol. The Hall–Kier alpha value is -2.92. The fourth-order valence-electron chi connectivity index (χ4n) is 3.70. The molecule has 3 N–H and O–H groups in total. The lowest BCUT2D eigenvalue weighted by Gasteiger charge is -2.31. The SMILES string of the molecule is O=C(O)c1cccc(-c2cnc([C@@H]3NCCC[C@@H]3c3ccccc3)[nH]2)c1. The molecule has 2 aromatic carbocycles. The summed E-state index contributed by atoms with van der Waals surface area (Å²) in [5.41, 5.74) is 3.25. The van der Waals surface area contributed by atoms with E-state index in [2.05, 4.69) is 39.6 Å². The van der Waals surface area contributed by atoms with Gasteiger partial charge in [0.1, 0.15) is 5.82 Å². The second-order valence-electron chi connectivity index (χ2n) is 6.66. The quantitative estimate of drug-likeness (QED) is 0.667. The number of aromatic carboxylic acids is 1. The van der Waals surface area contributed by atoms with Crippen molar-refractivity contribution in [2.75, 3.05) is 6.54 Å². The highest BCUT2D eigenvalue weighted by molar-refractivity contribution is 5.89. The molecule has 0 saturated carbocycles. The molecule has 1 aliphatic rings. The zero-order valence-electron chi connectivity index (χ0n) is 14.4. The smallest absolute Gasteiger partial charge is 0.335 e. The minimum atomic E-state index is -0.926. The number of carboxylic acid groups (broad SMARTS) is 1. The van der Waals surface area contributed by atoms with Crippen LogP contribution in [0.4, 0.5) is 0 Å². The minimum absolute atomic E-state index is 0.127. The van der Waals surface area contributed by atoms with E-state index in [1.54, 1.807) is 24.4 Å². The molecule has 0 aliphatic carbocycles. The van der Waals surface area contributed by atoms with Crippen molar-refractivity contribution in [3.8, 4) is 11.3 Å². The Morgan fingerprint density at radius 2 is 1.96 bits per heavy atom. The molecule has 0 amide bonds. The molecule has 1 saturated heterocycles. The summed E-state index contributed by atoms with van der Waals surface area (Å²) in [5.74, 6) is 0.341. The Bertz CT molecular complexity index is 904. The highest BCUT2D eigenvalue weighted by Gasteiger charge is 2.29. The number of rotatable bonds is 4. The van der Waals surface area contributed by atoms with Crippen molar-refractivity contribution < 1.29 is 9.90 Å². The number of piperidine rings is 1. The van der Waals surface area contributed by atoms with E-state index in [-0.39, 0.29) is 11.6 Å². The van der Waals surface area contributed by atoms with Crippen LogP contribution < -0.4 is 5.32 Å². The summed E-state index contributed by atoms with van der Waals surface area (Å²) in [7, 11) is 0. The first-order chi connectivity index (χ1) is 12.7. The van der Waals surface area contributed by atoms with Gasteiger partial charge in [-0.25, -0.2) is 9.78 Å². The van der Waals surface area contributed by atoms with Crippen LogP contribution in [0.3, 0.4) is 0 Å². The van der Waals surface area contributed by atoms with Crippen molar-refractivity contribution in [3.63, 3.8) is 0 Å². The highest BCUT2D eigenvalue weighted by Crippen LogP contribution is 2.36. The molecular weight excluding hydrogens is 326 g/mol. The van der Waals surface area contributed by atoms with Crippen LogP contribution in [0, 0.1) is 0 Å². The Kier molecular flexibility index (Phi) is 4.54. The Balaban J connectivity index is 1.64. The highest BCUT2D eigenvalue weighted by atomic mass is 16.4. The zero-order chi connectivity index (χ0) is 17.9. The summed E-state index contributed by atoms with van der Waals surface area (Å²) in [6.07, 6.45) is 4.05. The average Bonchev–Trinajstić information content (AvgIpc) is 3.19. The number of imidazole rings is 1. The molecule has 3 aromatic rings. The van der Waals surface area contributed by atoms with Crippen molar-refractivity contribution in [1.82, 2.24) is 15.3 Å². The lowest BCUT2D eigenvalue weighted by molar-refractivity contribution is 0.0697. The monoisotopic (exact) mass is 347 g/mol. The molecule has 26 heavy (non-hydrogen) atoms. The standard InChI is InChI=1S/C21H21N3O2/c25-21(26)16-9-4-8-15(12-16)18-13-23-20(24-18)19-17(10-5-11-22-19)14-6-2-1-3-7-14/h1-4,6-9,12-13,17,19,22H,5,10-11H2,(H,23,24)(H,25,26)/t17-,19-/m1/s1. The predicted molar refractivity (Wildman–Crippen MR) is 100 cm³/mol. The third-order valence-corrected chi connectivity index (χ3v) is 5.00. The maximum atomic E-state index is 11.2. The van der Waals surface area contributed by atoms with Gasteiger partial charge in [-0.15, -0.1) is 0 Å². The van der Waals surface area contributed by atoms with Gasteiger partial charge in [-0.1, -0.05) is 42.5 Å². The summed E-state index contributed by atoms with van der Waals surface area (Å²) in [5, 5.41) is 12.8. The second-order valence-corrected chi connectivity index (χ2v) is 6.66. The summed E-state index contributed by atoms with van der Waals surface area (Å²) in [6, 6.07) is 17.6. The van der Waals surface area contributed by atoms with E-state index in [9.17, 15) is 9.90 Å². The summed E-state index contributed by atoms with van der Waals surface area (Å²) in [6.45, 7) is 0.971. The van der Waals surface area contributed by atoms with Crippen molar-refractivity contribution in [2.24, 2.45) is 0 Å². The summed E-state index contributed by atoms with van der Waals surface area (Å²) in [4.78, 5) is 19.2. The first kappa shape index (κ1) is 16.5. The third-order valence-electron chi connectivity index (χ3n) is 5.00. The molecule has 5 nitrogen and oxygen atoms in total. The van der Waals surface area contributed by atoms with Crippen LogP contribution in [0.2, 0.25) is 0 Å². The first-order valence-electron chi connectivity index (χ1n) is 8.89. The molecule has 0 bridgehead atoms. The van der Waals surface area contributed by atoms with Gasteiger partial charge < -0.3 is 15.4 Å². The molecule has 1 aromatic heterocycles. The number of nitrogens with one attached hydrogen (secondary N) is 2. The van der Waals surface area contributed by atoms with Crippen LogP contribution in [-0.4, -0.2) is 27.6 Å². The molecule has 0 unspecified atom stereocenters. The number of benzene rings is 2. The van der Waals surface area contributed by atoms with Crippen molar-refractivity contribution in [1.29, 1.82) is 0 Å². The van der Waals surface area contributed by atoms with E-state index in [0.717, 1.165) is 36.5 Å². The molecule has 0 radical (unpaired) electrons. The van der Waals surface area contributed by atoms with E-state index in [1.807, 2.05) is 12.1 Å². The number of hydrogen-bond acceptors (Lipinski definition) is 3. The van der Waals surface area contributed by atoms with Gasteiger partial charge >= 0.3 is 5.97 Å². The van der Waals surface area contributed by atoms with Crippen LogP contribution in [-0.2, 0) is 0 Å². The number of carboxylic acids is 1. The van der Waals surface area contributed by atoms with Gasteiger partial charge in [0.15, 0.2) is 0 Å². The zero-order valence-corrected chi connectivity index (χ0v) is 14.4. The largest absolute Gasteiger partial charge is 0.478 e. The maximum absolute atomic E-state index is 11.2. The van der Waals surface area contributed by atoms with E-state index in [4.69, 9.17) is 0 Å². The van der Waals surface area contributed by atoms with Gasteiger partial charge in [-0.05, 0) is 37.1 Å². The van der Waals surface area contributed by atoms with E-state index in [0.29, 0.717) is 5.92 Å². The van der Waals surface area contributed by atoms with Gasteiger partial charge in [-0.3, -0.25) is 0 Å². The first-order valence-corrected chi connectivity index (χ1v) is 8.89. The second kappa shape index (κ2) is 7.14. The van der Waals surface area contributed by atoms with Crippen molar-refractivity contribution in [3.05, 3.63) is 77.7 Å². The van der Waals surface area contributed by atoms with Crippen LogP contribution in [0.5, 0.6) is 0 Å². The van der Waals surface area contributed by atoms with Crippen LogP contribution in [0.15, 0.2) is 60.8 Å². The summed E-state index contributed by atoms with van der Waals surface area (Å²) < 4.78 is 0. The molecule has 2 atom stereocenters. The molecular formula is C21H21N3O2. The molecule has 132 valence electrons. The third kappa shape index (κ3) is 3.26. The van der Waals surface area contributed by atoms with Gasteiger partial charge in [0.05, 0.1) is 23.5 Å². The van der Waals surface area contributed by atoms with Crippen molar-refractivity contribution in [2.45, 2.75) is 24.8 Å². The molecule has 1 aliphatic heterocycles. The molecule has 5 heteroatoms. The van der Waals surface area contributed by atoms with E-state index in [1.165, 1.54) is 5.56 Å². The number of nitrogens with zero attached hydrogens (tertiary/aromatic N) is 1. The molecule has 0 spiro atoms. The predicted octanol–water partition coefficient (Wildman–Crippen LogP) is 3.98. The fourth-order valence-corrected chi connectivity index (χ4v) is 3.70. The van der Waals surface area contributed by atoms with Gasteiger partial charge in [0.25, 0.3) is 0 Å². The molecule has 2 heterocycles. The van der Waals surface area contributed by atoms with Gasteiger partial charge in [-0.2, -0.15) is 0 Å². The van der Waals surface area contributed by atoms with Crippen LogP contribution in [0.1, 0.15) is 46.5 Å². The van der Waals surface area contributed by atoms with Crippen LogP contribution in [0.25, 0.3) is 11.3 Å². The van der Waals surface area contributed by atoms with E-state index < -0.39 is 5.97 Å². The number of hydrogen-bond donors (Lipinski definition) is 3. The topological polar surface area (TPSA) is 78.0 Å². The van der Waals surface area contributed by atoms with Crippen molar-refractivity contribution >= 4 is 5.97 Å². The minimum Gasteiger partial charge on any atom is -0.478 e. The lowest BCUT2D eigenvalue weighted by Crippen LogP contribution is -2.33. The molecule has 1 fully saturated rings. The maximum Gasteiger partial charge on any atom is 0.335 e. The Morgan fingerprint density at radius 3 is 2.77 bits per heavy atom. The number of carbonyl (C=O) groups is 1. The number of aromatic amines is 1. The normalized spacial score (nSPS) is 20.0. The fraction of sp³-hybridized carbons (Fsp3) is 0.238. The Morgan fingerprint density at radius 1 is 1.12 bits per heavy atom. The van der Waals surface area contributed by atoms with Gasteiger partial charge in [0.2, 0.25) is 0 Å². The summed E-state index contributed by atoms with van der Waals surface area (Å²) >= 11 is 0. The number of aromatic nitrogens is 2. The van der Waals surface area contributed by atoms with E-state index >= 15 is 0 Å². The Labute approximate surface area is 152 Å². The molecule has 4 rings (SSSR count). The lowest BCUT2D eigenvalue weighted by atomic mass is 9.84. The van der Waals surface area contributed by atoms with Crippen LogP contribution >= 0.6 is 0 Å². The number of H-pyrrole nitrogens is 1. The van der Waals surface area contributed by atoms with Gasteiger partial charge in [0, 0.05) is 11.5 Å².